The van der Waals surface area contributed by atoms with Crippen LogP contribution in [0.4, 0.5) is 11.6 Å². The number of hydrogen-bond acceptors (Lipinski definition) is 4. The number of aromatic nitrogens is 2. The lowest BCUT2D eigenvalue weighted by molar-refractivity contribution is 0.0951. The molecule has 0 unspecified atom stereocenters. The summed E-state index contributed by atoms with van der Waals surface area (Å²) < 4.78 is 0. The molecule has 1 atom stereocenters. The predicted octanol–water partition coefficient (Wildman–Crippen LogP) is 2.94. The predicted molar refractivity (Wildman–Crippen MR) is 81.0 cm³/mol. The normalized spacial score (nSPS) is 20.3. The van der Waals surface area contributed by atoms with Crippen molar-refractivity contribution >= 4 is 17.4 Å². The number of Topliss-reactive ketones (excluding diaryl/α,β-unsaturated/α-hetero) is 1. The van der Waals surface area contributed by atoms with Crippen molar-refractivity contribution in [1.82, 2.24) is 9.97 Å². The molecule has 2 aliphatic rings. The Balaban J connectivity index is 1.75. The van der Waals surface area contributed by atoms with Crippen LogP contribution in [0.5, 0.6) is 0 Å². The minimum absolute atomic E-state index is 0.178. The molecular formula is C17H17N3O. The summed E-state index contributed by atoms with van der Waals surface area (Å²) in [7, 11) is 0. The molecule has 1 aromatic carbocycles. The van der Waals surface area contributed by atoms with E-state index in [1.807, 2.05) is 6.07 Å². The van der Waals surface area contributed by atoms with Crippen molar-refractivity contribution in [3.05, 3.63) is 47.3 Å². The van der Waals surface area contributed by atoms with Crippen LogP contribution in [0.3, 0.4) is 0 Å². The van der Waals surface area contributed by atoms with E-state index in [2.05, 4.69) is 40.0 Å². The fourth-order valence-electron chi connectivity index (χ4n) is 3.30. The van der Waals surface area contributed by atoms with Crippen molar-refractivity contribution in [1.29, 1.82) is 0 Å². The number of hydrogen-bond donors (Lipinski definition) is 0. The summed E-state index contributed by atoms with van der Waals surface area (Å²) in [4.78, 5) is 23.3. The number of rotatable bonds is 1. The Hall–Kier alpha value is -2.23. The standard InChI is InChI=1S/C17H17N3O/c1-11-8-14-13(16(21)9-11)10-18-17(19-14)20-7-6-12-4-2-3-5-15(12)20/h2-5,10-11H,6-9H2,1H3/t11-/m0/s1. The van der Waals surface area contributed by atoms with Crippen molar-refractivity contribution in [3.8, 4) is 0 Å². The molecule has 4 nitrogen and oxygen atoms in total. The van der Waals surface area contributed by atoms with E-state index >= 15 is 0 Å². The third-order valence-corrected chi connectivity index (χ3v) is 4.36. The first-order valence-corrected chi connectivity index (χ1v) is 7.47. The molecule has 4 rings (SSSR count). The van der Waals surface area contributed by atoms with E-state index in [4.69, 9.17) is 0 Å². The van der Waals surface area contributed by atoms with E-state index < -0.39 is 0 Å². The monoisotopic (exact) mass is 279 g/mol. The van der Waals surface area contributed by atoms with Gasteiger partial charge < -0.3 is 4.90 Å². The molecule has 2 aromatic rings. The van der Waals surface area contributed by atoms with Crippen LogP contribution in [0.1, 0.15) is 35.0 Å². The van der Waals surface area contributed by atoms with Gasteiger partial charge in [-0.25, -0.2) is 9.97 Å². The number of ketones is 1. The topological polar surface area (TPSA) is 46.1 Å². The maximum Gasteiger partial charge on any atom is 0.230 e. The molecule has 0 spiro atoms. The van der Waals surface area contributed by atoms with Crippen LogP contribution in [0.15, 0.2) is 30.5 Å². The third-order valence-electron chi connectivity index (χ3n) is 4.36. The Morgan fingerprint density at radius 3 is 3.00 bits per heavy atom. The SMILES string of the molecule is C[C@@H]1CC(=O)c2cnc(N3CCc4ccccc43)nc2C1. The second-order valence-electron chi connectivity index (χ2n) is 6.00. The lowest BCUT2D eigenvalue weighted by Gasteiger charge is -2.22. The zero-order chi connectivity index (χ0) is 14.4. The molecule has 1 aliphatic heterocycles. The number of carbonyl (C=O) groups is 1. The van der Waals surface area contributed by atoms with E-state index in [0.29, 0.717) is 17.9 Å². The quantitative estimate of drug-likeness (QED) is 0.805. The molecule has 0 saturated carbocycles. The third kappa shape index (κ3) is 2.02. The van der Waals surface area contributed by atoms with E-state index in [0.717, 1.165) is 31.0 Å². The fourth-order valence-corrected chi connectivity index (χ4v) is 3.30. The average Bonchev–Trinajstić information content (AvgIpc) is 2.90. The van der Waals surface area contributed by atoms with Crippen molar-refractivity contribution in [3.63, 3.8) is 0 Å². The van der Waals surface area contributed by atoms with Crippen molar-refractivity contribution in [2.45, 2.75) is 26.2 Å². The van der Waals surface area contributed by atoms with Gasteiger partial charge in [0.15, 0.2) is 5.78 Å². The van der Waals surface area contributed by atoms with E-state index in [9.17, 15) is 4.79 Å². The number of anilines is 2. The van der Waals surface area contributed by atoms with Gasteiger partial charge in [0.1, 0.15) is 0 Å². The van der Waals surface area contributed by atoms with Crippen LogP contribution in [-0.2, 0) is 12.8 Å². The van der Waals surface area contributed by atoms with Gasteiger partial charge in [-0.1, -0.05) is 25.1 Å². The van der Waals surface area contributed by atoms with Crippen LogP contribution in [0.2, 0.25) is 0 Å². The Morgan fingerprint density at radius 1 is 1.24 bits per heavy atom. The average molecular weight is 279 g/mol. The van der Waals surface area contributed by atoms with Crippen molar-refractivity contribution in [2.24, 2.45) is 5.92 Å². The first-order valence-electron chi connectivity index (χ1n) is 7.47. The number of nitrogens with zero attached hydrogens (tertiary/aromatic N) is 3. The van der Waals surface area contributed by atoms with Crippen LogP contribution >= 0.6 is 0 Å². The van der Waals surface area contributed by atoms with E-state index in [1.165, 1.54) is 11.3 Å². The molecule has 0 amide bonds. The van der Waals surface area contributed by atoms with Crippen LogP contribution in [0, 0.1) is 5.92 Å². The molecule has 0 bridgehead atoms. The minimum Gasteiger partial charge on any atom is -0.310 e. The molecule has 0 radical (unpaired) electrons. The second-order valence-corrected chi connectivity index (χ2v) is 6.00. The molecule has 0 saturated heterocycles. The molecule has 2 heterocycles. The summed E-state index contributed by atoms with van der Waals surface area (Å²) in [6.07, 6.45) is 4.22. The summed E-state index contributed by atoms with van der Waals surface area (Å²) in [5.74, 6) is 1.27. The molecule has 0 N–H and O–H groups in total. The summed E-state index contributed by atoms with van der Waals surface area (Å²) >= 11 is 0. The largest absolute Gasteiger partial charge is 0.310 e. The van der Waals surface area contributed by atoms with Crippen LogP contribution < -0.4 is 4.90 Å². The minimum atomic E-state index is 0.178. The maximum atomic E-state index is 12.0. The summed E-state index contributed by atoms with van der Waals surface area (Å²) in [6, 6.07) is 8.37. The highest BCUT2D eigenvalue weighted by atomic mass is 16.1. The lowest BCUT2D eigenvalue weighted by Crippen LogP contribution is -2.23. The van der Waals surface area contributed by atoms with E-state index in [-0.39, 0.29) is 5.78 Å². The van der Waals surface area contributed by atoms with Crippen molar-refractivity contribution < 1.29 is 4.79 Å². The smallest absolute Gasteiger partial charge is 0.230 e. The summed E-state index contributed by atoms with van der Waals surface area (Å²) in [6.45, 7) is 3.01. The Bertz CT molecular complexity index is 726. The fraction of sp³-hybridized carbons (Fsp3) is 0.353. The van der Waals surface area contributed by atoms with Gasteiger partial charge in [-0.2, -0.15) is 0 Å². The molecular weight excluding hydrogens is 262 g/mol. The molecule has 4 heteroatoms. The van der Waals surface area contributed by atoms with Gasteiger partial charge >= 0.3 is 0 Å². The first-order chi connectivity index (χ1) is 10.2. The molecule has 106 valence electrons. The highest BCUT2D eigenvalue weighted by Gasteiger charge is 2.27. The Kier molecular flexibility index (Phi) is 2.77. The van der Waals surface area contributed by atoms with Gasteiger partial charge in [-0.15, -0.1) is 0 Å². The number of benzene rings is 1. The Labute approximate surface area is 123 Å². The number of fused-ring (bicyclic) bond motifs is 2. The van der Waals surface area contributed by atoms with Crippen LogP contribution in [0.25, 0.3) is 0 Å². The van der Waals surface area contributed by atoms with Crippen molar-refractivity contribution in [2.75, 3.05) is 11.4 Å². The van der Waals surface area contributed by atoms with Crippen LogP contribution in [-0.4, -0.2) is 22.3 Å². The maximum absolute atomic E-state index is 12.0. The van der Waals surface area contributed by atoms with Gasteiger partial charge in [0.05, 0.1) is 11.3 Å². The first kappa shape index (κ1) is 12.5. The van der Waals surface area contributed by atoms with Gasteiger partial charge in [-0.05, 0) is 30.4 Å². The number of carbonyl (C=O) groups excluding carboxylic acids is 1. The molecule has 1 aromatic heterocycles. The highest BCUT2D eigenvalue weighted by Crippen LogP contribution is 2.33. The van der Waals surface area contributed by atoms with Gasteiger partial charge in [0.25, 0.3) is 0 Å². The molecule has 0 fully saturated rings. The second kappa shape index (κ2) is 4.65. The highest BCUT2D eigenvalue weighted by molar-refractivity contribution is 5.98. The van der Waals surface area contributed by atoms with E-state index in [1.54, 1.807) is 6.20 Å². The van der Waals surface area contributed by atoms with Gasteiger partial charge in [0, 0.05) is 24.8 Å². The summed E-state index contributed by atoms with van der Waals surface area (Å²) in [5, 5.41) is 0. The number of para-hydroxylation sites is 1. The molecule has 21 heavy (non-hydrogen) atoms. The zero-order valence-corrected chi connectivity index (χ0v) is 12.0. The zero-order valence-electron chi connectivity index (χ0n) is 12.0. The van der Waals surface area contributed by atoms with Gasteiger partial charge in [-0.3, -0.25) is 4.79 Å². The van der Waals surface area contributed by atoms with Gasteiger partial charge in [0.2, 0.25) is 5.95 Å². The Morgan fingerprint density at radius 2 is 2.10 bits per heavy atom. The molecule has 1 aliphatic carbocycles. The summed E-state index contributed by atoms with van der Waals surface area (Å²) in [5.41, 5.74) is 4.15. The lowest BCUT2D eigenvalue weighted by atomic mass is 9.88.